The molecule has 18 heavy (non-hydrogen) atoms. The van der Waals surface area contributed by atoms with Gasteiger partial charge < -0.3 is 9.84 Å². The van der Waals surface area contributed by atoms with Gasteiger partial charge >= 0.3 is 0 Å². The molecule has 1 N–H and O–H groups in total. The van der Waals surface area contributed by atoms with Gasteiger partial charge in [-0.15, -0.1) is 11.3 Å². The van der Waals surface area contributed by atoms with Crippen LogP contribution in [-0.2, 0) is 6.42 Å². The van der Waals surface area contributed by atoms with E-state index in [1.807, 2.05) is 39.0 Å². The van der Waals surface area contributed by atoms with E-state index >= 15 is 0 Å². The van der Waals surface area contributed by atoms with Gasteiger partial charge in [0.25, 0.3) is 0 Å². The Morgan fingerprint density at radius 3 is 2.83 bits per heavy atom. The van der Waals surface area contributed by atoms with Crippen LogP contribution >= 0.6 is 11.3 Å². The summed E-state index contributed by atoms with van der Waals surface area (Å²) in [6.07, 6.45) is 0.304. The van der Waals surface area contributed by atoms with Gasteiger partial charge in [0.05, 0.1) is 27.9 Å². The van der Waals surface area contributed by atoms with E-state index in [1.165, 1.54) is 0 Å². The molecule has 0 spiro atoms. The number of thiazole rings is 1. The molecule has 0 aliphatic heterocycles. The van der Waals surface area contributed by atoms with E-state index in [2.05, 4.69) is 4.98 Å². The molecule has 1 aromatic heterocycles. The fourth-order valence-corrected chi connectivity index (χ4v) is 2.76. The normalized spacial score (nSPS) is 13.2. The van der Waals surface area contributed by atoms with E-state index in [1.54, 1.807) is 11.3 Å². The molecule has 98 valence electrons. The summed E-state index contributed by atoms with van der Waals surface area (Å²) < 4.78 is 6.59. The van der Waals surface area contributed by atoms with Crippen LogP contribution in [0, 0.1) is 5.92 Å². The summed E-state index contributed by atoms with van der Waals surface area (Å²) >= 11 is 1.63. The van der Waals surface area contributed by atoms with Crippen LogP contribution in [0.15, 0.2) is 18.2 Å². The highest BCUT2D eigenvalue weighted by atomic mass is 32.1. The van der Waals surface area contributed by atoms with Gasteiger partial charge in [-0.25, -0.2) is 4.98 Å². The Morgan fingerprint density at radius 2 is 2.17 bits per heavy atom. The van der Waals surface area contributed by atoms with Gasteiger partial charge in [-0.1, -0.05) is 13.8 Å². The molecule has 0 fully saturated rings. The second kappa shape index (κ2) is 5.67. The third-order valence-electron chi connectivity index (χ3n) is 2.87. The summed E-state index contributed by atoms with van der Waals surface area (Å²) in [6, 6.07) is 5.93. The lowest BCUT2D eigenvalue weighted by molar-refractivity contribution is 0.125. The number of hydrogen-bond acceptors (Lipinski definition) is 4. The lowest BCUT2D eigenvalue weighted by Crippen LogP contribution is -2.17. The molecule has 1 atom stereocenters. The minimum Gasteiger partial charge on any atom is -0.494 e. The fraction of sp³-hybridized carbons (Fsp3) is 0.500. The molecule has 0 aliphatic rings. The standard InChI is InChI=1S/C14H19NO2S/c1-4-17-10-5-6-11-13(7-10)18-14(15-11)8-12(16)9(2)3/h5-7,9,12,16H,4,8H2,1-3H3. The number of aromatic nitrogens is 1. The first-order chi connectivity index (χ1) is 8.60. The van der Waals surface area contributed by atoms with E-state index in [0.29, 0.717) is 13.0 Å². The van der Waals surface area contributed by atoms with Gasteiger partial charge in [0.15, 0.2) is 0 Å². The lowest BCUT2D eigenvalue weighted by Gasteiger charge is -2.11. The van der Waals surface area contributed by atoms with Crippen molar-refractivity contribution in [1.29, 1.82) is 0 Å². The Hall–Kier alpha value is -1.13. The van der Waals surface area contributed by atoms with E-state index in [4.69, 9.17) is 4.74 Å². The Kier molecular flexibility index (Phi) is 4.19. The number of ether oxygens (including phenoxy) is 1. The predicted molar refractivity (Wildman–Crippen MR) is 75.3 cm³/mol. The average Bonchev–Trinajstić information content (AvgIpc) is 2.70. The molecule has 0 saturated heterocycles. The third kappa shape index (κ3) is 3.00. The van der Waals surface area contributed by atoms with E-state index in [-0.39, 0.29) is 12.0 Å². The summed E-state index contributed by atoms with van der Waals surface area (Å²) in [4.78, 5) is 4.54. The van der Waals surface area contributed by atoms with Crippen LogP contribution in [0.4, 0.5) is 0 Å². The van der Waals surface area contributed by atoms with Gasteiger partial charge in [0.2, 0.25) is 0 Å². The smallest absolute Gasteiger partial charge is 0.120 e. The quantitative estimate of drug-likeness (QED) is 0.902. The molecule has 0 aliphatic carbocycles. The Morgan fingerprint density at radius 1 is 1.39 bits per heavy atom. The van der Waals surface area contributed by atoms with Gasteiger partial charge in [-0.05, 0) is 31.0 Å². The first-order valence-electron chi connectivity index (χ1n) is 6.30. The number of rotatable bonds is 5. The fourth-order valence-electron chi connectivity index (χ4n) is 1.71. The maximum absolute atomic E-state index is 9.89. The first-order valence-corrected chi connectivity index (χ1v) is 7.12. The van der Waals surface area contributed by atoms with Crippen molar-refractivity contribution in [2.45, 2.75) is 33.3 Å². The summed E-state index contributed by atoms with van der Waals surface area (Å²) in [5.41, 5.74) is 0.981. The lowest BCUT2D eigenvalue weighted by atomic mass is 10.1. The highest BCUT2D eigenvalue weighted by Crippen LogP contribution is 2.27. The van der Waals surface area contributed by atoms with Crippen LogP contribution in [0.2, 0.25) is 0 Å². The molecule has 1 aromatic carbocycles. The first kappa shape index (κ1) is 13.3. The van der Waals surface area contributed by atoms with Crippen molar-refractivity contribution in [1.82, 2.24) is 4.98 Å². The molecule has 0 amide bonds. The number of benzene rings is 1. The molecule has 1 heterocycles. The number of aliphatic hydroxyl groups excluding tert-OH is 1. The van der Waals surface area contributed by atoms with Crippen molar-refractivity contribution in [2.75, 3.05) is 6.61 Å². The van der Waals surface area contributed by atoms with Crippen molar-refractivity contribution < 1.29 is 9.84 Å². The zero-order chi connectivity index (χ0) is 13.1. The molecule has 2 rings (SSSR count). The monoisotopic (exact) mass is 265 g/mol. The molecule has 2 aromatic rings. The largest absolute Gasteiger partial charge is 0.494 e. The van der Waals surface area contributed by atoms with E-state index in [0.717, 1.165) is 21.0 Å². The van der Waals surface area contributed by atoms with Crippen LogP contribution in [0.1, 0.15) is 25.8 Å². The third-order valence-corrected chi connectivity index (χ3v) is 3.91. The minimum atomic E-state index is -0.322. The van der Waals surface area contributed by atoms with Crippen molar-refractivity contribution in [3.8, 4) is 5.75 Å². The zero-order valence-corrected chi connectivity index (χ0v) is 11.8. The van der Waals surface area contributed by atoms with Gasteiger partial charge in [-0.3, -0.25) is 0 Å². The van der Waals surface area contributed by atoms with Crippen molar-refractivity contribution >= 4 is 21.6 Å². The molecule has 3 nitrogen and oxygen atoms in total. The van der Waals surface area contributed by atoms with Gasteiger partial charge in [-0.2, -0.15) is 0 Å². The Labute approximate surface area is 111 Å². The molecular weight excluding hydrogens is 246 g/mol. The average molecular weight is 265 g/mol. The summed E-state index contributed by atoms with van der Waals surface area (Å²) in [6.45, 7) is 6.68. The topological polar surface area (TPSA) is 42.4 Å². The Bertz CT molecular complexity index is 521. The van der Waals surface area contributed by atoms with Crippen molar-refractivity contribution in [3.05, 3.63) is 23.2 Å². The molecule has 0 radical (unpaired) electrons. The maximum Gasteiger partial charge on any atom is 0.120 e. The number of fused-ring (bicyclic) bond motifs is 1. The van der Waals surface area contributed by atoms with Crippen molar-refractivity contribution in [3.63, 3.8) is 0 Å². The summed E-state index contributed by atoms with van der Waals surface area (Å²) in [7, 11) is 0. The van der Waals surface area contributed by atoms with Crippen LogP contribution < -0.4 is 4.74 Å². The van der Waals surface area contributed by atoms with Gasteiger partial charge in [0.1, 0.15) is 5.75 Å². The molecule has 0 saturated carbocycles. The zero-order valence-electron chi connectivity index (χ0n) is 11.0. The van der Waals surface area contributed by atoms with Gasteiger partial charge in [0, 0.05) is 6.42 Å². The highest BCUT2D eigenvalue weighted by molar-refractivity contribution is 7.18. The Balaban J connectivity index is 2.21. The molecule has 1 unspecified atom stereocenters. The second-order valence-electron chi connectivity index (χ2n) is 4.69. The van der Waals surface area contributed by atoms with Crippen LogP contribution in [0.5, 0.6) is 5.75 Å². The summed E-state index contributed by atoms with van der Waals surface area (Å²) in [5.74, 6) is 1.14. The second-order valence-corrected chi connectivity index (χ2v) is 5.80. The maximum atomic E-state index is 9.89. The minimum absolute atomic E-state index is 0.260. The molecule has 4 heteroatoms. The number of nitrogens with zero attached hydrogens (tertiary/aromatic N) is 1. The van der Waals surface area contributed by atoms with Crippen molar-refractivity contribution in [2.24, 2.45) is 5.92 Å². The SMILES string of the molecule is CCOc1ccc2nc(CC(O)C(C)C)sc2c1. The number of hydrogen-bond donors (Lipinski definition) is 1. The predicted octanol–water partition coefficient (Wildman–Crippen LogP) is 3.25. The summed E-state index contributed by atoms with van der Waals surface area (Å²) in [5, 5.41) is 10.9. The molecule has 0 bridgehead atoms. The van der Waals surface area contributed by atoms with Crippen LogP contribution in [0.25, 0.3) is 10.2 Å². The van der Waals surface area contributed by atoms with Crippen LogP contribution in [-0.4, -0.2) is 22.8 Å². The van der Waals surface area contributed by atoms with E-state index in [9.17, 15) is 5.11 Å². The van der Waals surface area contributed by atoms with E-state index < -0.39 is 0 Å². The number of aliphatic hydroxyl groups is 1. The highest BCUT2D eigenvalue weighted by Gasteiger charge is 2.13. The molecular formula is C14H19NO2S. The van der Waals surface area contributed by atoms with Crippen LogP contribution in [0.3, 0.4) is 0 Å².